The molecule has 1 atom stereocenters. The molecule has 23 heavy (non-hydrogen) atoms. The summed E-state index contributed by atoms with van der Waals surface area (Å²) in [5.74, 6) is 0. The first-order valence-corrected chi connectivity index (χ1v) is 8.41. The second kappa shape index (κ2) is 8.58. The van der Waals surface area contributed by atoms with Crippen LogP contribution in [0.25, 0.3) is 0 Å². The third-order valence-corrected chi connectivity index (χ3v) is 4.18. The Morgan fingerprint density at radius 2 is 1.78 bits per heavy atom. The van der Waals surface area contributed by atoms with Crippen LogP contribution in [0.15, 0.2) is 59.1 Å². The van der Waals surface area contributed by atoms with Gasteiger partial charge in [0.25, 0.3) is 0 Å². The number of para-hydroxylation sites is 1. The summed E-state index contributed by atoms with van der Waals surface area (Å²) in [6.07, 6.45) is 0. The van der Waals surface area contributed by atoms with Crippen LogP contribution in [0.3, 0.4) is 0 Å². The fourth-order valence-corrected chi connectivity index (χ4v) is 2.50. The number of rotatable bonds is 6. The maximum atomic E-state index is 12.0. The molecule has 0 aliphatic carbocycles. The summed E-state index contributed by atoms with van der Waals surface area (Å²) in [5, 5.41) is 5.84. The van der Waals surface area contributed by atoms with Crippen molar-refractivity contribution in [2.45, 2.75) is 13.0 Å². The van der Waals surface area contributed by atoms with Gasteiger partial charge in [-0.25, -0.2) is 4.79 Å². The number of hydrogen-bond acceptors (Lipinski definition) is 2. The Balaban J connectivity index is 1.73. The van der Waals surface area contributed by atoms with Gasteiger partial charge in [-0.1, -0.05) is 46.3 Å². The summed E-state index contributed by atoms with van der Waals surface area (Å²) < 4.78 is 1.03. The van der Waals surface area contributed by atoms with E-state index in [9.17, 15) is 4.79 Å². The van der Waals surface area contributed by atoms with Gasteiger partial charge in [0.1, 0.15) is 0 Å². The van der Waals surface area contributed by atoms with Crippen molar-refractivity contribution in [1.82, 2.24) is 10.6 Å². The first-order valence-electron chi connectivity index (χ1n) is 7.62. The van der Waals surface area contributed by atoms with E-state index in [1.807, 2.05) is 56.4 Å². The SMILES string of the molecule is CC(NC(=O)NCCN(C)c1ccccc1)c1ccc(Br)cc1. The summed E-state index contributed by atoms with van der Waals surface area (Å²) >= 11 is 3.41. The van der Waals surface area contributed by atoms with Gasteiger partial charge in [0, 0.05) is 30.3 Å². The number of likely N-dealkylation sites (N-methyl/N-ethyl adjacent to an activating group) is 1. The van der Waals surface area contributed by atoms with E-state index in [0.717, 1.165) is 22.3 Å². The Labute approximate surface area is 146 Å². The molecule has 0 aromatic heterocycles. The number of nitrogens with one attached hydrogen (secondary N) is 2. The van der Waals surface area contributed by atoms with Crippen LogP contribution in [0.5, 0.6) is 0 Å². The fraction of sp³-hybridized carbons (Fsp3) is 0.278. The molecule has 122 valence electrons. The second-order valence-corrected chi connectivity index (χ2v) is 6.35. The van der Waals surface area contributed by atoms with E-state index in [1.165, 1.54) is 0 Å². The predicted octanol–water partition coefficient (Wildman–Crippen LogP) is 3.95. The van der Waals surface area contributed by atoms with Crippen LogP contribution in [-0.2, 0) is 0 Å². The van der Waals surface area contributed by atoms with Crippen LogP contribution in [-0.4, -0.2) is 26.2 Å². The molecule has 1 unspecified atom stereocenters. The molecular formula is C18H22BrN3O. The zero-order valence-electron chi connectivity index (χ0n) is 13.4. The summed E-state index contributed by atoms with van der Waals surface area (Å²) in [6.45, 7) is 3.31. The molecule has 0 aliphatic rings. The van der Waals surface area contributed by atoms with Crippen molar-refractivity contribution in [2.24, 2.45) is 0 Å². The Hall–Kier alpha value is -2.01. The molecule has 0 spiro atoms. The molecule has 2 N–H and O–H groups in total. The highest BCUT2D eigenvalue weighted by atomic mass is 79.9. The van der Waals surface area contributed by atoms with E-state index < -0.39 is 0 Å². The lowest BCUT2D eigenvalue weighted by Gasteiger charge is -2.20. The number of halogens is 1. The largest absolute Gasteiger partial charge is 0.373 e. The standard InChI is InChI=1S/C18H22BrN3O/c1-14(15-8-10-16(19)11-9-15)21-18(23)20-12-13-22(2)17-6-4-3-5-7-17/h3-11,14H,12-13H2,1-2H3,(H2,20,21,23). The molecule has 0 aliphatic heterocycles. The van der Waals surface area contributed by atoms with Crippen molar-refractivity contribution < 1.29 is 4.79 Å². The third-order valence-electron chi connectivity index (χ3n) is 3.65. The smallest absolute Gasteiger partial charge is 0.315 e. The van der Waals surface area contributed by atoms with E-state index in [2.05, 4.69) is 43.6 Å². The molecule has 0 fully saturated rings. The van der Waals surface area contributed by atoms with Gasteiger partial charge in [-0.15, -0.1) is 0 Å². The number of anilines is 1. The normalized spacial score (nSPS) is 11.6. The highest BCUT2D eigenvalue weighted by Gasteiger charge is 2.09. The minimum Gasteiger partial charge on any atom is -0.373 e. The Kier molecular flexibility index (Phi) is 6.47. The van der Waals surface area contributed by atoms with E-state index in [0.29, 0.717) is 6.54 Å². The number of carbonyl (C=O) groups is 1. The van der Waals surface area contributed by atoms with Crippen molar-refractivity contribution in [3.05, 3.63) is 64.6 Å². The topological polar surface area (TPSA) is 44.4 Å². The van der Waals surface area contributed by atoms with Gasteiger partial charge in [-0.2, -0.15) is 0 Å². The zero-order chi connectivity index (χ0) is 16.7. The molecule has 2 amide bonds. The quantitative estimate of drug-likeness (QED) is 0.802. The van der Waals surface area contributed by atoms with Crippen LogP contribution in [0.2, 0.25) is 0 Å². The van der Waals surface area contributed by atoms with Crippen LogP contribution in [0.4, 0.5) is 10.5 Å². The number of benzene rings is 2. The molecule has 2 rings (SSSR count). The lowest BCUT2D eigenvalue weighted by Crippen LogP contribution is -2.40. The highest BCUT2D eigenvalue weighted by Crippen LogP contribution is 2.16. The van der Waals surface area contributed by atoms with E-state index in [-0.39, 0.29) is 12.1 Å². The molecule has 0 radical (unpaired) electrons. The second-order valence-electron chi connectivity index (χ2n) is 5.43. The van der Waals surface area contributed by atoms with Crippen molar-refractivity contribution >= 4 is 27.6 Å². The number of nitrogens with zero attached hydrogens (tertiary/aromatic N) is 1. The first-order chi connectivity index (χ1) is 11.1. The summed E-state index contributed by atoms with van der Waals surface area (Å²) in [6, 6.07) is 17.9. The van der Waals surface area contributed by atoms with Crippen molar-refractivity contribution in [2.75, 3.05) is 25.0 Å². The number of carbonyl (C=O) groups excluding carboxylic acids is 1. The van der Waals surface area contributed by atoms with Crippen molar-refractivity contribution in [1.29, 1.82) is 0 Å². The highest BCUT2D eigenvalue weighted by molar-refractivity contribution is 9.10. The minimum absolute atomic E-state index is 0.0325. The first kappa shape index (κ1) is 17.3. The van der Waals surface area contributed by atoms with E-state index in [4.69, 9.17) is 0 Å². The molecule has 0 saturated heterocycles. The van der Waals surface area contributed by atoms with Gasteiger partial charge in [0.05, 0.1) is 6.04 Å². The van der Waals surface area contributed by atoms with E-state index >= 15 is 0 Å². The lowest BCUT2D eigenvalue weighted by molar-refractivity contribution is 0.238. The molecule has 0 heterocycles. The van der Waals surface area contributed by atoms with Gasteiger partial charge in [0.2, 0.25) is 0 Å². The van der Waals surface area contributed by atoms with Crippen molar-refractivity contribution in [3.8, 4) is 0 Å². The molecule has 5 heteroatoms. The molecular weight excluding hydrogens is 354 g/mol. The van der Waals surface area contributed by atoms with Crippen LogP contribution < -0.4 is 15.5 Å². The van der Waals surface area contributed by atoms with Gasteiger partial charge < -0.3 is 15.5 Å². The zero-order valence-corrected chi connectivity index (χ0v) is 15.0. The van der Waals surface area contributed by atoms with Crippen LogP contribution >= 0.6 is 15.9 Å². The maximum absolute atomic E-state index is 12.0. The predicted molar refractivity (Wildman–Crippen MR) is 98.8 cm³/mol. The molecule has 0 bridgehead atoms. The monoisotopic (exact) mass is 375 g/mol. The Morgan fingerprint density at radius 3 is 2.43 bits per heavy atom. The van der Waals surface area contributed by atoms with Gasteiger partial charge >= 0.3 is 6.03 Å². The number of amides is 2. The Morgan fingerprint density at radius 1 is 1.13 bits per heavy atom. The maximum Gasteiger partial charge on any atom is 0.315 e. The lowest BCUT2D eigenvalue weighted by atomic mass is 10.1. The third kappa shape index (κ3) is 5.60. The van der Waals surface area contributed by atoms with Gasteiger partial charge in [-0.05, 0) is 36.8 Å². The van der Waals surface area contributed by atoms with Crippen LogP contribution in [0, 0.1) is 0 Å². The van der Waals surface area contributed by atoms with Crippen LogP contribution in [0.1, 0.15) is 18.5 Å². The summed E-state index contributed by atoms with van der Waals surface area (Å²) in [5.41, 5.74) is 2.21. The summed E-state index contributed by atoms with van der Waals surface area (Å²) in [4.78, 5) is 14.1. The molecule has 2 aromatic rings. The van der Waals surface area contributed by atoms with Gasteiger partial charge in [0.15, 0.2) is 0 Å². The number of urea groups is 1. The van der Waals surface area contributed by atoms with Gasteiger partial charge in [-0.3, -0.25) is 0 Å². The molecule has 4 nitrogen and oxygen atoms in total. The Bertz CT molecular complexity index is 616. The minimum atomic E-state index is -0.151. The average molecular weight is 376 g/mol. The fourth-order valence-electron chi connectivity index (χ4n) is 2.23. The molecule has 2 aromatic carbocycles. The van der Waals surface area contributed by atoms with E-state index in [1.54, 1.807) is 0 Å². The van der Waals surface area contributed by atoms with Crippen molar-refractivity contribution in [3.63, 3.8) is 0 Å². The average Bonchev–Trinajstić information content (AvgIpc) is 2.56. The summed E-state index contributed by atoms with van der Waals surface area (Å²) in [7, 11) is 2.01. The molecule has 0 saturated carbocycles. The number of hydrogen-bond donors (Lipinski definition) is 2.